The zero-order valence-corrected chi connectivity index (χ0v) is 26.4. The fraction of sp³-hybridized carbons (Fsp3) is 0.333. The van der Waals surface area contributed by atoms with Gasteiger partial charge in [0.05, 0.1) is 28.0 Å². The summed E-state index contributed by atoms with van der Waals surface area (Å²) in [6.45, 7) is 10.4. The monoisotopic (exact) mass is 630 g/mol. The topological polar surface area (TPSA) is 102 Å². The number of benzene rings is 2. The second kappa shape index (κ2) is 14.1. The number of anilines is 2. The Labute approximate surface area is 267 Å². The van der Waals surface area contributed by atoms with Crippen molar-refractivity contribution in [3.63, 3.8) is 0 Å². The summed E-state index contributed by atoms with van der Waals surface area (Å²) in [5.74, 6) is 0.0295. The van der Waals surface area contributed by atoms with Crippen LogP contribution < -0.4 is 10.1 Å². The van der Waals surface area contributed by atoms with Crippen molar-refractivity contribution in [3.8, 4) is 23.1 Å². The van der Waals surface area contributed by atoms with Crippen LogP contribution in [0.15, 0.2) is 55.5 Å². The first-order chi connectivity index (χ1) is 21.7. The molecule has 234 valence electrons. The van der Waals surface area contributed by atoms with Gasteiger partial charge in [0.25, 0.3) is 5.91 Å². The number of aromatic nitrogens is 3. The largest absolute Gasteiger partial charge is 0.475 e. The lowest BCUT2D eigenvalue weighted by Crippen LogP contribution is -2.49. The molecule has 0 aliphatic carbocycles. The van der Waals surface area contributed by atoms with E-state index in [0.29, 0.717) is 46.5 Å². The van der Waals surface area contributed by atoms with Gasteiger partial charge in [-0.1, -0.05) is 24.3 Å². The number of nitriles is 1. The van der Waals surface area contributed by atoms with Gasteiger partial charge in [-0.15, -0.1) is 0 Å². The van der Waals surface area contributed by atoms with E-state index >= 15 is 4.39 Å². The number of ether oxygens (including phenoxy) is 1. The van der Waals surface area contributed by atoms with Gasteiger partial charge in [-0.2, -0.15) is 5.26 Å². The maximum Gasteiger partial charge on any atom is 0.255 e. The molecule has 1 N–H and O–H groups in total. The molecule has 3 heterocycles. The van der Waals surface area contributed by atoms with Gasteiger partial charge in [0.15, 0.2) is 17.6 Å². The number of imidazole rings is 1. The van der Waals surface area contributed by atoms with Crippen molar-refractivity contribution in [2.45, 2.75) is 19.4 Å². The summed E-state index contributed by atoms with van der Waals surface area (Å²) < 4.78 is 22.9. The highest BCUT2D eigenvalue weighted by molar-refractivity contribution is 6.34. The summed E-state index contributed by atoms with van der Waals surface area (Å²) in [6, 6.07) is 10.4. The standard InChI is InChI=1S/C33H36ClFN8O2/c1-5-24-29(45-22(2)20-36)10-9-26(30(24)35)28-21-38-32-31(37-11-14-43(28)32)39-23-7-8-25(27(34)19-23)33(44)42-17-15-41(16-18-42)13-6-12-40(3)4/h5,7-11,14,19,21-22H,1,6,12-13,15-18H2,2-4H3,(H,37,39). The molecule has 1 aliphatic rings. The van der Waals surface area contributed by atoms with Crippen LogP contribution in [0, 0.1) is 17.1 Å². The smallest absolute Gasteiger partial charge is 0.255 e. The molecule has 1 aliphatic heterocycles. The van der Waals surface area contributed by atoms with Crippen molar-refractivity contribution < 1.29 is 13.9 Å². The fourth-order valence-corrected chi connectivity index (χ4v) is 5.61. The molecular formula is C33H36ClFN8O2. The lowest BCUT2D eigenvalue weighted by molar-refractivity contribution is 0.0634. The Balaban J connectivity index is 1.31. The predicted molar refractivity (Wildman–Crippen MR) is 174 cm³/mol. The van der Waals surface area contributed by atoms with Crippen LogP contribution in [0.25, 0.3) is 23.0 Å². The van der Waals surface area contributed by atoms with Crippen LogP contribution in [-0.4, -0.2) is 94.4 Å². The van der Waals surface area contributed by atoms with Crippen molar-refractivity contribution in [2.75, 3.05) is 58.7 Å². The molecule has 2 aromatic heterocycles. The highest BCUT2D eigenvalue weighted by Gasteiger charge is 2.24. The van der Waals surface area contributed by atoms with E-state index in [9.17, 15) is 4.79 Å². The number of amides is 1. The summed E-state index contributed by atoms with van der Waals surface area (Å²) >= 11 is 6.62. The number of fused-ring (bicyclic) bond motifs is 1. The third kappa shape index (κ3) is 7.09. The molecule has 1 unspecified atom stereocenters. The average Bonchev–Trinajstić information content (AvgIpc) is 3.46. The number of piperazine rings is 1. The van der Waals surface area contributed by atoms with Crippen LogP contribution in [0.4, 0.5) is 15.9 Å². The summed E-state index contributed by atoms with van der Waals surface area (Å²) in [4.78, 5) is 28.7. The molecule has 0 bridgehead atoms. The molecule has 4 aromatic rings. The van der Waals surface area contributed by atoms with Gasteiger partial charge in [0.1, 0.15) is 17.6 Å². The van der Waals surface area contributed by atoms with E-state index in [1.54, 1.807) is 60.2 Å². The SMILES string of the molecule is C=Cc1c(OC(C)C#N)ccc(-c2cnc3c(Nc4ccc(C(=O)N5CCN(CCCN(C)C)CC5)c(Cl)c4)nccn23)c1F. The number of nitrogens with one attached hydrogen (secondary N) is 1. The van der Waals surface area contributed by atoms with E-state index in [0.717, 1.165) is 32.6 Å². The van der Waals surface area contributed by atoms with Crippen LogP contribution in [0.1, 0.15) is 29.3 Å². The summed E-state index contributed by atoms with van der Waals surface area (Å²) in [6.07, 6.45) is 6.55. The summed E-state index contributed by atoms with van der Waals surface area (Å²) in [5.41, 5.74) is 2.47. The van der Waals surface area contributed by atoms with Crippen LogP contribution in [0.3, 0.4) is 0 Å². The van der Waals surface area contributed by atoms with E-state index in [1.807, 2.05) is 11.0 Å². The van der Waals surface area contributed by atoms with Gasteiger partial charge in [-0.3, -0.25) is 14.1 Å². The van der Waals surface area contributed by atoms with Crippen LogP contribution >= 0.6 is 11.6 Å². The molecule has 1 fully saturated rings. The Bertz CT molecular complexity index is 1740. The average molecular weight is 631 g/mol. The Morgan fingerprint density at radius 2 is 2.02 bits per heavy atom. The molecule has 12 heteroatoms. The molecule has 0 spiro atoms. The normalized spacial score (nSPS) is 14.4. The van der Waals surface area contributed by atoms with E-state index in [-0.39, 0.29) is 22.8 Å². The van der Waals surface area contributed by atoms with Crippen LogP contribution in [0.2, 0.25) is 5.02 Å². The van der Waals surface area contributed by atoms with Crippen LogP contribution in [-0.2, 0) is 0 Å². The van der Waals surface area contributed by atoms with Gasteiger partial charge < -0.3 is 19.9 Å². The summed E-state index contributed by atoms with van der Waals surface area (Å²) in [7, 11) is 4.15. The molecule has 1 saturated heterocycles. The maximum absolute atomic E-state index is 15.6. The van der Waals surface area contributed by atoms with E-state index in [4.69, 9.17) is 21.6 Å². The highest BCUT2D eigenvalue weighted by atomic mass is 35.5. The molecule has 0 saturated carbocycles. The molecule has 45 heavy (non-hydrogen) atoms. The van der Waals surface area contributed by atoms with Gasteiger partial charge in [-0.05, 0) is 70.9 Å². The second-order valence-electron chi connectivity index (χ2n) is 11.2. The zero-order chi connectivity index (χ0) is 32.1. The first-order valence-electron chi connectivity index (χ1n) is 14.8. The molecule has 5 rings (SSSR count). The third-order valence-electron chi connectivity index (χ3n) is 7.73. The van der Waals surface area contributed by atoms with Gasteiger partial charge in [-0.25, -0.2) is 14.4 Å². The third-order valence-corrected chi connectivity index (χ3v) is 8.05. The molecular weight excluding hydrogens is 595 g/mol. The first-order valence-corrected chi connectivity index (χ1v) is 15.1. The number of halogens is 2. The minimum absolute atomic E-state index is 0.0861. The highest BCUT2D eigenvalue weighted by Crippen LogP contribution is 2.34. The van der Waals surface area contributed by atoms with Gasteiger partial charge in [0, 0.05) is 49.8 Å². The minimum atomic E-state index is -0.746. The van der Waals surface area contributed by atoms with Crippen LogP contribution in [0.5, 0.6) is 5.75 Å². The fourth-order valence-electron chi connectivity index (χ4n) is 5.35. The van der Waals surface area contributed by atoms with E-state index in [2.05, 4.69) is 45.8 Å². The number of rotatable bonds is 11. The summed E-state index contributed by atoms with van der Waals surface area (Å²) in [5, 5.41) is 12.7. The van der Waals surface area contributed by atoms with Crippen molar-refractivity contribution in [3.05, 3.63) is 77.5 Å². The first kappa shape index (κ1) is 31.9. The molecule has 10 nitrogen and oxygen atoms in total. The van der Waals surface area contributed by atoms with Gasteiger partial charge >= 0.3 is 0 Å². The van der Waals surface area contributed by atoms with E-state index < -0.39 is 11.9 Å². The van der Waals surface area contributed by atoms with E-state index in [1.165, 1.54) is 6.08 Å². The molecule has 2 aromatic carbocycles. The number of carbonyl (C=O) groups excluding carboxylic acids is 1. The Kier molecular flexibility index (Phi) is 9.98. The lowest BCUT2D eigenvalue weighted by atomic mass is 10.1. The maximum atomic E-state index is 15.6. The Morgan fingerprint density at radius 1 is 1.24 bits per heavy atom. The van der Waals surface area contributed by atoms with Crippen molar-refractivity contribution in [1.29, 1.82) is 5.26 Å². The Hall–Kier alpha value is -4.50. The quantitative estimate of drug-likeness (QED) is 0.229. The second-order valence-corrected chi connectivity index (χ2v) is 11.6. The Morgan fingerprint density at radius 3 is 2.71 bits per heavy atom. The van der Waals surface area contributed by atoms with Crippen molar-refractivity contribution in [2.24, 2.45) is 0 Å². The molecule has 1 amide bonds. The number of carbonyl (C=O) groups is 1. The van der Waals surface area contributed by atoms with Gasteiger partial charge in [0.2, 0.25) is 0 Å². The predicted octanol–water partition coefficient (Wildman–Crippen LogP) is 5.58. The molecule has 1 atom stereocenters. The van der Waals surface area contributed by atoms with Crippen molar-refractivity contribution >= 4 is 40.7 Å². The number of hydrogen-bond donors (Lipinski definition) is 1. The number of hydrogen-bond acceptors (Lipinski definition) is 8. The lowest BCUT2D eigenvalue weighted by Gasteiger charge is -2.35. The molecule has 0 radical (unpaired) electrons. The minimum Gasteiger partial charge on any atom is -0.475 e. The number of nitrogens with zero attached hydrogens (tertiary/aromatic N) is 7. The zero-order valence-electron chi connectivity index (χ0n) is 25.6. The van der Waals surface area contributed by atoms with Crippen molar-refractivity contribution in [1.82, 2.24) is 29.1 Å².